The van der Waals surface area contributed by atoms with E-state index in [4.69, 9.17) is 4.74 Å². The van der Waals surface area contributed by atoms with Crippen LogP contribution in [0.4, 0.5) is 0 Å². The largest absolute Gasteiger partial charge is 0.468 e. The Morgan fingerprint density at radius 3 is 2.14 bits per heavy atom. The highest BCUT2D eigenvalue weighted by Crippen LogP contribution is 2.09. The van der Waals surface area contributed by atoms with Gasteiger partial charge in [-0.25, -0.2) is 0 Å². The number of hydrogen-bond donors (Lipinski definition) is 3. The van der Waals surface area contributed by atoms with Crippen molar-refractivity contribution < 1.29 is 9.53 Å². The van der Waals surface area contributed by atoms with E-state index in [9.17, 15) is 4.79 Å². The van der Waals surface area contributed by atoms with Crippen molar-refractivity contribution in [1.29, 1.82) is 0 Å². The average molecular weight is 298 g/mol. The van der Waals surface area contributed by atoms with Crippen LogP contribution in [0.25, 0.3) is 0 Å². The zero-order valence-corrected chi connectivity index (χ0v) is 13.2. The Morgan fingerprint density at radius 2 is 1.67 bits per heavy atom. The van der Waals surface area contributed by atoms with E-state index in [-0.39, 0.29) is 12.0 Å². The van der Waals surface area contributed by atoms with Gasteiger partial charge in [0.1, 0.15) is 6.04 Å². The molecule has 1 heterocycles. The van der Waals surface area contributed by atoms with Gasteiger partial charge in [-0.05, 0) is 12.8 Å². The number of esters is 1. The standard InChI is InChI=1S/C15H30N4O2/c1-3-4-5-14(15(20)21-2)19-12-10-17-8-6-16-7-9-18-11-13-19/h3,14,16-18H,1,4-13H2,2H3. The molecule has 6 nitrogen and oxygen atoms in total. The first-order chi connectivity index (χ1) is 10.3. The van der Waals surface area contributed by atoms with Crippen molar-refractivity contribution in [1.82, 2.24) is 20.9 Å². The van der Waals surface area contributed by atoms with E-state index < -0.39 is 0 Å². The number of nitrogens with zero attached hydrogens (tertiary/aromatic N) is 1. The topological polar surface area (TPSA) is 65.6 Å². The molecule has 0 spiro atoms. The van der Waals surface area contributed by atoms with Gasteiger partial charge in [-0.3, -0.25) is 9.69 Å². The number of nitrogens with one attached hydrogen (secondary N) is 3. The monoisotopic (exact) mass is 298 g/mol. The van der Waals surface area contributed by atoms with E-state index in [1.54, 1.807) is 0 Å². The lowest BCUT2D eigenvalue weighted by Crippen LogP contribution is -2.48. The van der Waals surface area contributed by atoms with Crippen LogP contribution in [-0.2, 0) is 9.53 Å². The molecule has 6 heteroatoms. The molecule has 0 radical (unpaired) electrons. The molecule has 1 aliphatic rings. The molecule has 3 N–H and O–H groups in total. The minimum atomic E-state index is -0.183. The van der Waals surface area contributed by atoms with Gasteiger partial charge < -0.3 is 20.7 Å². The summed E-state index contributed by atoms with van der Waals surface area (Å²) in [4.78, 5) is 14.3. The Morgan fingerprint density at radius 1 is 1.14 bits per heavy atom. The molecule has 0 aromatic heterocycles. The summed E-state index contributed by atoms with van der Waals surface area (Å²) in [5.41, 5.74) is 0. The predicted octanol–water partition coefficient (Wildman–Crippen LogP) is -0.421. The molecular weight excluding hydrogens is 268 g/mol. The predicted molar refractivity (Wildman–Crippen MR) is 85.4 cm³/mol. The fourth-order valence-corrected chi connectivity index (χ4v) is 2.46. The highest BCUT2D eigenvalue weighted by Gasteiger charge is 2.25. The second-order valence-electron chi connectivity index (χ2n) is 5.19. The quantitative estimate of drug-likeness (QED) is 0.473. The van der Waals surface area contributed by atoms with Crippen LogP contribution in [0.3, 0.4) is 0 Å². The highest BCUT2D eigenvalue weighted by atomic mass is 16.5. The normalized spacial score (nSPS) is 20.8. The van der Waals surface area contributed by atoms with Crippen LogP contribution in [0.2, 0.25) is 0 Å². The number of hydrogen-bond acceptors (Lipinski definition) is 6. The maximum atomic E-state index is 12.0. The third-order valence-electron chi connectivity index (χ3n) is 3.67. The van der Waals surface area contributed by atoms with E-state index in [1.807, 2.05) is 6.08 Å². The van der Waals surface area contributed by atoms with E-state index in [2.05, 4.69) is 27.4 Å². The van der Waals surface area contributed by atoms with Crippen LogP contribution >= 0.6 is 0 Å². The Balaban J connectivity index is 2.59. The number of carbonyl (C=O) groups excluding carboxylic acids is 1. The van der Waals surface area contributed by atoms with E-state index >= 15 is 0 Å². The molecule has 21 heavy (non-hydrogen) atoms. The molecule has 1 fully saturated rings. The van der Waals surface area contributed by atoms with Gasteiger partial charge >= 0.3 is 5.97 Å². The van der Waals surface area contributed by atoms with Gasteiger partial charge in [0.05, 0.1) is 7.11 Å². The van der Waals surface area contributed by atoms with Crippen molar-refractivity contribution in [2.75, 3.05) is 59.5 Å². The minimum Gasteiger partial charge on any atom is -0.468 e. The lowest BCUT2D eigenvalue weighted by molar-refractivity contribution is -0.147. The van der Waals surface area contributed by atoms with E-state index in [0.29, 0.717) is 0 Å². The first kappa shape index (κ1) is 18.1. The fourth-order valence-electron chi connectivity index (χ4n) is 2.46. The number of allylic oxidation sites excluding steroid dienone is 1. The minimum absolute atomic E-state index is 0.148. The number of ether oxygens (including phenoxy) is 1. The molecule has 0 aromatic rings. The third kappa shape index (κ3) is 7.57. The highest BCUT2D eigenvalue weighted by molar-refractivity contribution is 5.75. The van der Waals surface area contributed by atoms with Crippen LogP contribution in [0.5, 0.6) is 0 Å². The van der Waals surface area contributed by atoms with E-state index in [0.717, 1.165) is 65.2 Å². The van der Waals surface area contributed by atoms with Crippen LogP contribution in [-0.4, -0.2) is 76.4 Å². The summed E-state index contributed by atoms with van der Waals surface area (Å²) in [6.07, 6.45) is 3.44. The summed E-state index contributed by atoms with van der Waals surface area (Å²) >= 11 is 0. The number of methoxy groups -OCH3 is 1. The van der Waals surface area contributed by atoms with Gasteiger partial charge in [-0.2, -0.15) is 0 Å². The summed E-state index contributed by atoms with van der Waals surface area (Å²) in [7, 11) is 1.46. The Labute approximate surface area is 128 Å². The zero-order valence-electron chi connectivity index (χ0n) is 13.2. The molecule has 1 saturated heterocycles. The number of carbonyl (C=O) groups is 1. The first-order valence-electron chi connectivity index (χ1n) is 7.84. The van der Waals surface area contributed by atoms with Crippen molar-refractivity contribution in [3.05, 3.63) is 12.7 Å². The van der Waals surface area contributed by atoms with Crippen molar-refractivity contribution in [3.63, 3.8) is 0 Å². The van der Waals surface area contributed by atoms with Crippen molar-refractivity contribution >= 4 is 5.97 Å². The lowest BCUT2D eigenvalue weighted by atomic mass is 10.1. The van der Waals surface area contributed by atoms with Gasteiger partial charge in [-0.15, -0.1) is 6.58 Å². The molecule has 0 aromatic carbocycles. The molecule has 0 aliphatic carbocycles. The summed E-state index contributed by atoms with van der Waals surface area (Å²) in [5.74, 6) is -0.148. The van der Waals surface area contributed by atoms with Crippen molar-refractivity contribution in [2.24, 2.45) is 0 Å². The van der Waals surface area contributed by atoms with Gasteiger partial charge in [-0.1, -0.05) is 6.08 Å². The van der Waals surface area contributed by atoms with Crippen LogP contribution in [0.15, 0.2) is 12.7 Å². The maximum Gasteiger partial charge on any atom is 0.323 e. The van der Waals surface area contributed by atoms with Gasteiger partial charge in [0.15, 0.2) is 0 Å². The SMILES string of the molecule is C=CCCC(C(=O)OC)N1CCNCCNCCNCC1. The Hall–Kier alpha value is -0.950. The molecule has 1 aliphatic heterocycles. The van der Waals surface area contributed by atoms with Crippen molar-refractivity contribution in [3.8, 4) is 0 Å². The Kier molecular flexibility index (Phi) is 10.1. The third-order valence-corrected chi connectivity index (χ3v) is 3.67. The molecule has 1 atom stereocenters. The lowest BCUT2D eigenvalue weighted by Gasteiger charge is -2.30. The van der Waals surface area contributed by atoms with Gasteiger partial charge in [0.2, 0.25) is 0 Å². The van der Waals surface area contributed by atoms with Crippen LogP contribution < -0.4 is 16.0 Å². The smallest absolute Gasteiger partial charge is 0.323 e. The second-order valence-corrected chi connectivity index (χ2v) is 5.19. The van der Waals surface area contributed by atoms with Crippen LogP contribution in [0.1, 0.15) is 12.8 Å². The van der Waals surface area contributed by atoms with Crippen LogP contribution in [0, 0.1) is 0 Å². The zero-order chi connectivity index (χ0) is 15.3. The summed E-state index contributed by atoms with van der Waals surface area (Å²) in [6.45, 7) is 11.0. The molecular formula is C15H30N4O2. The van der Waals surface area contributed by atoms with Gasteiger partial charge in [0, 0.05) is 52.4 Å². The van der Waals surface area contributed by atoms with E-state index in [1.165, 1.54) is 7.11 Å². The van der Waals surface area contributed by atoms with Gasteiger partial charge in [0.25, 0.3) is 0 Å². The fraction of sp³-hybridized carbons (Fsp3) is 0.800. The Bertz CT molecular complexity index is 287. The molecule has 122 valence electrons. The average Bonchev–Trinajstić information content (AvgIpc) is 2.49. The summed E-state index contributed by atoms with van der Waals surface area (Å²) in [6, 6.07) is -0.183. The summed E-state index contributed by atoms with van der Waals surface area (Å²) in [5, 5.41) is 10.2. The number of rotatable bonds is 5. The molecule has 0 saturated carbocycles. The molecule has 0 bridgehead atoms. The summed E-state index contributed by atoms with van der Waals surface area (Å²) < 4.78 is 4.97. The molecule has 0 amide bonds. The maximum absolute atomic E-state index is 12.0. The molecule has 1 rings (SSSR count). The molecule has 1 unspecified atom stereocenters. The first-order valence-corrected chi connectivity index (χ1v) is 7.84. The second kappa shape index (κ2) is 11.7. The van der Waals surface area contributed by atoms with Crippen molar-refractivity contribution in [2.45, 2.75) is 18.9 Å².